The summed E-state index contributed by atoms with van der Waals surface area (Å²) in [7, 11) is 2.31. The molecule has 2 aliphatic carbocycles. The SMILES string of the molecule is CN1[C@H]2CC[C@@H]3[C@@H](CC=C[C@@H]31)C2. The monoisotopic (exact) mass is 163 g/mol. The first-order valence-electron chi connectivity index (χ1n) is 5.25. The summed E-state index contributed by atoms with van der Waals surface area (Å²) in [6, 6.07) is 1.71. The normalized spacial score (nSPS) is 51.4. The van der Waals surface area contributed by atoms with E-state index in [0.29, 0.717) is 0 Å². The van der Waals surface area contributed by atoms with Crippen molar-refractivity contribution in [2.45, 2.75) is 37.8 Å². The minimum absolute atomic E-state index is 0.802. The summed E-state index contributed by atoms with van der Waals surface area (Å²) in [6.45, 7) is 0. The quantitative estimate of drug-likeness (QED) is 0.494. The average molecular weight is 163 g/mol. The smallest absolute Gasteiger partial charge is 0.0309 e. The Balaban J connectivity index is 1.98. The third-order valence-electron chi connectivity index (χ3n) is 4.27. The van der Waals surface area contributed by atoms with Crippen molar-refractivity contribution in [1.29, 1.82) is 0 Å². The highest BCUT2D eigenvalue weighted by molar-refractivity contribution is 5.12. The lowest BCUT2D eigenvalue weighted by molar-refractivity contribution is -0.0168. The van der Waals surface area contributed by atoms with E-state index < -0.39 is 0 Å². The number of likely N-dealkylation sites (N-methyl/N-ethyl adjacent to an activating group) is 1. The number of fused-ring (bicyclic) bond motifs is 1. The van der Waals surface area contributed by atoms with Gasteiger partial charge in [-0.15, -0.1) is 0 Å². The van der Waals surface area contributed by atoms with Crippen LogP contribution in [0.15, 0.2) is 12.2 Å². The second-order valence-corrected chi connectivity index (χ2v) is 4.71. The number of piperidine rings is 2. The van der Waals surface area contributed by atoms with E-state index in [4.69, 9.17) is 0 Å². The summed E-state index contributed by atoms with van der Waals surface area (Å²) < 4.78 is 0. The van der Waals surface area contributed by atoms with Gasteiger partial charge in [0.25, 0.3) is 0 Å². The Kier molecular flexibility index (Phi) is 1.40. The molecule has 2 saturated heterocycles. The Labute approximate surface area is 74.4 Å². The number of nitrogens with zero attached hydrogens (tertiary/aromatic N) is 1. The average Bonchev–Trinajstić information content (AvgIpc) is 2.13. The maximum absolute atomic E-state index is 2.61. The largest absolute Gasteiger partial charge is 0.297 e. The van der Waals surface area contributed by atoms with Crippen molar-refractivity contribution in [1.82, 2.24) is 4.90 Å². The predicted molar refractivity (Wildman–Crippen MR) is 49.9 cm³/mol. The Morgan fingerprint density at radius 3 is 3.08 bits per heavy atom. The Morgan fingerprint density at radius 2 is 2.25 bits per heavy atom. The molecule has 0 unspecified atom stereocenters. The van der Waals surface area contributed by atoms with Crippen molar-refractivity contribution in [2.75, 3.05) is 7.05 Å². The highest BCUT2D eigenvalue weighted by Gasteiger charge is 2.45. The molecule has 3 fully saturated rings. The molecule has 4 rings (SSSR count). The fourth-order valence-electron chi connectivity index (χ4n) is 3.57. The number of hydrogen-bond acceptors (Lipinski definition) is 1. The van der Waals surface area contributed by atoms with Crippen LogP contribution in [0.2, 0.25) is 0 Å². The van der Waals surface area contributed by atoms with Gasteiger partial charge in [-0.05, 0) is 44.6 Å². The van der Waals surface area contributed by atoms with Gasteiger partial charge < -0.3 is 0 Å². The molecule has 0 spiro atoms. The van der Waals surface area contributed by atoms with E-state index in [1.54, 1.807) is 0 Å². The minimum Gasteiger partial charge on any atom is -0.297 e. The van der Waals surface area contributed by atoms with Gasteiger partial charge in [-0.1, -0.05) is 12.2 Å². The molecule has 0 N–H and O–H groups in total. The van der Waals surface area contributed by atoms with Crippen LogP contribution in [0.1, 0.15) is 25.7 Å². The summed E-state index contributed by atoms with van der Waals surface area (Å²) in [5.41, 5.74) is 0. The number of rotatable bonds is 0. The fraction of sp³-hybridized carbons (Fsp3) is 0.818. The van der Waals surface area contributed by atoms with E-state index in [0.717, 1.165) is 23.9 Å². The van der Waals surface area contributed by atoms with E-state index in [2.05, 4.69) is 24.1 Å². The second kappa shape index (κ2) is 2.35. The van der Waals surface area contributed by atoms with Crippen molar-refractivity contribution >= 4 is 0 Å². The molecule has 2 heterocycles. The molecule has 0 amide bonds. The van der Waals surface area contributed by atoms with Crippen LogP contribution in [0.5, 0.6) is 0 Å². The molecule has 4 aliphatic rings. The highest BCUT2D eigenvalue weighted by atomic mass is 15.2. The number of allylic oxidation sites excluding steroid dienone is 1. The molecule has 4 bridgehead atoms. The van der Waals surface area contributed by atoms with Crippen LogP contribution in [-0.4, -0.2) is 24.0 Å². The van der Waals surface area contributed by atoms with Gasteiger partial charge >= 0.3 is 0 Å². The van der Waals surface area contributed by atoms with Crippen molar-refractivity contribution in [3.63, 3.8) is 0 Å². The first-order chi connectivity index (χ1) is 5.86. The van der Waals surface area contributed by atoms with Gasteiger partial charge in [0.1, 0.15) is 0 Å². The minimum atomic E-state index is 0.802. The Morgan fingerprint density at radius 1 is 1.33 bits per heavy atom. The van der Waals surface area contributed by atoms with Crippen LogP contribution in [-0.2, 0) is 0 Å². The van der Waals surface area contributed by atoms with Gasteiger partial charge in [-0.3, -0.25) is 4.90 Å². The van der Waals surface area contributed by atoms with E-state index >= 15 is 0 Å². The van der Waals surface area contributed by atoms with Gasteiger partial charge in [0, 0.05) is 12.1 Å². The van der Waals surface area contributed by atoms with E-state index in [1.165, 1.54) is 25.7 Å². The van der Waals surface area contributed by atoms with Crippen LogP contribution < -0.4 is 0 Å². The van der Waals surface area contributed by atoms with Crippen LogP contribution in [0.25, 0.3) is 0 Å². The molecule has 0 radical (unpaired) electrons. The summed E-state index contributed by atoms with van der Waals surface area (Å²) in [5, 5.41) is 0. The first-order valence-corrected chi connectivity index (χ1v) is 5.25. The summed E-state index contributed by atoms with van der Waals surface area (Å²) in [6.07, 6.45) is 10.7. The van der Waals surface area contributed by atoms with Gasteiger partial charge in [-0.25, -0.2) is 0 Å². The summed E-state index contributed by atoms with van der Waals surface area (Å²) in [5.74, 6) is 2.04. The van der Waals surface area contributed by atoms with Crippen LogP contribution in [0.4, 0.5) is 0 Å². The third-order valence-corrected chi connectivity index (χ3v) is 4.27. The summed E-state index contributed by atoms with van der Waals surface area (Å²) >= 11 is 0. The molecule has 2 aliphatic heterocycles. The lowest BCUT2D eigenvalue weighted by Gasteiger charge is -2.54. The second-order valence-electron chi connectivity index (χ2n) is 4.71. The molecule has 66 valence electrons. The van der Waals surface area contributed by atoms with Gasteiger partial charge in [0.2, 0.25) is 0 Å². The lowest BCUT2D eigenvalue weighted by atomic mass is 9.64. The number of hydrogen-bond donors (Lipinski definition) is 0. The predicted octanol–water partition coefficient (Wildman–Crippen LogP) is 2.05. The van der Waals surface area contributed by atoms with Crippen molar-refractivity contribution in [3.8, 4) is 0 Å². The molecule has 12 heavy (non-hydrogen) atoms. The van der Waals surface area contributed by atoms with Gasteiger partial charge in [-0.2, -0.15) is 0 Å². The molecule has 1 saturated carbocycles. The van der Waals surface area contributed by atoms with Crippen LogP contribution in [0.3, 0.4) is 0 Å². The Bertz CT molecular complexity index is 221. The van der Waals surface area contributed by atoms with Gasteiger partial charge in [0.15, 0.2) is 0 Å². The van der Waals surface area contributed by atoms with Crippen molar-refractivity contribution in [3.05, 3.63) is 12.2 Å². The molecule has 0 aromatic heterocycles. The van der Waals surface area contributed by atoms with E-state index in [1.807, 2.05) is 0 Å². The maximum Gasteiger partial charge on any atom is 0.0309 e. The molecular weight excluding hydrogens is 146 g/mol. The van der Waals surface area contributed by atoms with E-state index in [9.17, 15) is 0 Å². The zero-order valence-corrected chi connectivity index (χ0v) is 7.74. The van der Waals surface area contributed by atoms with Crippen LogP contribution >= 0.6 is 0 Å². The van der Waals surface area contributed by atoms with E-state index in [-0.39, 0.29) is 0 Å². The lowest BCUT2D eigenvalue weighted by Crippen LogP contribution is -2.56. The molecule has 1 nitrogen and oxygen atoms in total. The fourth-order valence-corrected chi connectivity index (χ4v) is 3.57. The first kappa shape index (κ1) is 7.14. The van der Waals surface area contributed by atoms with Crippen molar-refractivity contribution < 1.29 is 0 Å². The zero-order valence-electron chi connectivity index (χ0n) is 7.74. The Hall–Kier alpha value is -0.300. The van der Waals surface area contributed by atoms with Crippen molar-refractivity contribution in [2.24, 2.45) is 11.8 Å². The molecule has 1 heteroatoms. The summed E-state index contributed by atoms with van der Waals surface area (Å²) in [4.78, 5) is 2.61. The molecule has 0 aromatic carbocycles. The molecular formula is C11H17N. The third kappa shape index (κ3) is 0.779. The van der Waals surface area contributed by atoms with Crippen LogP contribution in [0, 0.1) is 11.8 Å². The highest BCUT2D eigenvalue weighted by Crippen LogP contribution is 2.46. The van der Waals surface area contributed by atoms with Gasteiger partial charge in [0.05, 0.1) is 0 Å². The standard InChI is InChI=1S/C11H17N/c1-12-9-5-6-10-8(7-9)3-2-4-11(10)12/h2,4,8-11H,3,5-7H2,1H3/t8-,9-,10+,11-/m0/s1. The maximum atomic E-state index is 2.61. The molecule has 4 atom stereocenters. The topological polar surface area (TPSA) is 3.24 Å². The molecule has 0 aromatic rings. The zero-order chi connectivity index (χ0) is 8.13.